The maximum atomic E-state index is 7.69. The van der Waals surface area contributed by atoms with Gasteiger partial charge in [0.2, 0.25) is 0 Å². The highest BCUT2D eigenvalue weighted by atomic mass is 35.5. The van der Waals surface area contributed by atoms with E-state index < -0.39 is 0 Å². The van der Waals surface area contributed by atoms with E-state index in [0.29, 0.717) is 16.5 Å². The summed E-state index contributed by atoms with van der Waals surface area (Å²) in [5, 5.41) is 8.23. The van der Waals surface area contributed by atoms with Gasteiger partial charge in [0.25, 0.3) is 0 Å². The molecule has 1 saturated heterocycles. The van der Waals surface area contributed by atoms with E-state index in [4.69, 9.17) is 22.7 Å². The molecule has 19 heavy (non-hydrogen) atoms. The van der Waals surface area contributed by atoms with Crippen LogP contribution in [0.25, 0.3) is 0 Å². The van der Waals surface area contributed by atoms with Gasteiger partial charge in [-0.1, -0.05) is 17.7 Å². The summed E-state index contributed by atoms with van der Waals surface area (Å²) in [4.78, 5) is 4.51. The van der Waals surface area contributed by atoms with Crippen molar-refractivity contribution in [2.75, 3.05) is 38.6 Å². The van der Waals surface area contributed by atoms with Crippen LogP contribution >= 0.6 is 11.6 Å². The maximum absolute atomic E-state index is 7.69. The Kier molecular flexibility index (Phi) is 4.32. The van der Waals surface area contributed by atoms with Crippen LogP contribution < -0.4 is 10.6 Å². The molecule has 1 heterocycles. The smallest absolute Gasteiger partial charge is 0.126 e. The Bertz CT molecular complexity index is 475. The van der Waals surface area contributed by atoms with E-state index in [9.17, 15) is 0 Å². The summed E-state index contributed by atoms with van der Waals surface area (Å²) in [6.45, 7) is 3.25. The first-order valence-corrected chi connectivity index (χ1v) is 6.89. The van der Waals surface area contributed by atoms with Gasteiger partial charge < -0.3 is 15.5 Å². The first-order valence-electron chi connectivity index (χ1n) is 6.51. The molecule has 1 fully saturated rings. The van der Waals surface area contributed by atoms with Crippen LogP contribution in [0.4, 0.5) is 5.69 Å². The number of benzene rings is 1. The summed E-state index contributed by atoms with van der Waals surface area (Å²) in [5.41, 5.74) is 7.22. The lowest BCUT2D eigenvalue weighted by atomic mass is 10.1. The molecule has 4 nitrogen and oxygen atoms in total. The Morgan fingerprint density at radius 3 is 2.89 bits per heavy atom. The second-order valence-corrected chi connectivity index (χ2v) is 5.75. The molecule has 0 aliphatic carbocycles. The van der Waals surface area contributed by atoms with Crippen molar-refractivity contribution in [3.63, 3.8) is 0 Å². The molecule has 0 bridgehead atoms. The fourth-order valence-electron chi connectivity index (χ4n) is 2.76. The molecule has 0 amide bonds. The minimum atomic E-state index is 0.0241. The SMILES string of the molecule is CN1CCC(CN(C)c2cccc(Cl)c2C(=N)N)C1. The lowest BCUT2D eigenvalue weighted by Gasteiger charge is -2.25. The van der Waals surface area contributed by atoms with Crippen LogP contribution in [0.3, 0.4) is 0 Å². The molecule has 2 rings (SSSR count). The molecular formula is C14H21ClN4. The van der Waals surface area contributed by atoms with Gasteiger partial charge in [0, 0.05) is 25.8 Å². The van der Waals surface area contributed by atoms with E-state index in [-0.39, 0.29) is 5.84 Å². The first-order chi connectivity index (χ1) is 8.99. The van der Waals surface area contributed by atoms with Gasteiger partial charge in [-0.3, -0.25) is 5.41 Å². The van der Waals surface area contributed by atoms with Crippen molar-refractivity contribution >= 4 is 23.1 Å². The summed E-state index contributed by atoms with van der Waals surface area (Å²) in [7, 11) is 4.19. The molecule has 1 atom stereocenters. The number of hydrogen-bond donors (Lipinski definition) is 2. The summed E-state index contributed by atoms with van der Waals surface area (Å²) >= 11 is 6.15. The van der Waals surface area contributed by atoms with Crippen LogP contribution in [0, 0.1) is 11.3 Å². The predicted octanol–water partition coefficient (Wildman–Crippen LogP) is 2.01. The molecule has 1 aromatic rings. The molecule has 3 N–H and O–H groups in total. The molecule has 0 saturated carbocycles. The number of amidine groups is 1. The lowest BCUT2D eigenvalue weighted by molar-refractivity contribution is 0.396. The molecule has 1 unspecified atom stereocenters. The summed E-state index contributed by atoms with van der Waals surface area (Å²) in [6.07, 6.45) is 1.22. The monoisotopic (exact) mass is 280 g/mol. The third-order valence-electron chi connectivity index (χ3n) is 3.69. The zero-order valence-corrected chi connectivity index (χ0v) is 12.2. The van der Waals surface area contributed by atoms with E-state index in [1.807, 2.05) is 19.2 Å². The molecule has 1 aliphatic rings. The maximum Gasteiger partial charge on any atom is 0.126 e. The van der Waals surface area contributed by atoms with Gasteiger partial charge in [-0.25, -0.2) is 0 Å². The predicted molar refractivity (Wildman–Crippen MR) is 81.3 cm³/mol. The van der Waals surface area contributed by atoms with Crippen LogP contribution in [-0.2, 0) is 0 Å². The average Bonchev–Trinajstić information content (AvgIpc) is 2.73. The number of nitrogens with zero attached hydrogens (tertiary/aromatic N) is 2. The van der Waals surface area contributed by atoms with Gasteiger partial charge in [0.15, 0.2) is 0 Å². The Balaban J connectivity index is 2.17. The average molecular weight is 281 g/mol. The Labute approximate surface area is 119 Å². The topological polar surface area (TPSA) is 56.4 Å². The highest BCUT2D eigenvalue weighted by Crippen LogP contribution is 2.28. The molecule has 0 aromatic heterocycles. The fourth-order valence-corrected chi connectivity index (χ4v) is 3.03. The number of halogens is 1. The summed E-state index contributed by atoms with van der Waals surface area (Å²) < 4.78 is 0. The van der Waals surface area contributed by atoms with Crippen molar-refractivity contribution in [3.05, 3.63) is 28.8 Å². The van der Waals surface area contributed by atoms with Gasteiger partial charge in [-0.15, -0.1) is 0 Å². The number of rotatable bonds is 4. The van der Waals surface area contributed by atoms with E-state index in [0.717, 1.165) is 25.3 Å². The van der Waals surface area contributed by atoms with Crippen molar-refractivity contribution in [2.24, 2.45) is 11.7 Å². The summed E-state index contributed by atoms with van der Waals surface area (Å²) in [6, 6.07) is 5.65. The molecule has 1 aromatic carbocycles. The Morgan fingerprint density at radius 2 is 2.32 bits per heavy atom. The fraction of sp³-hybridized carbons (Fsp3) is 0.500. The Hall–Kier alpha value is -1.26. The van der Waals surface area contributed by atoms with Crippen LogP contribution in [0.1, 0.15) is 12.0 Å². The lowest BCUT2D eigenvalue weighted by Crippen LogP contribution is -2.29. The van der Waals surface area contributed by atoms with Crippen molar-refractivity contribution in [2.45, 2.75) is 6.42 Å². The second-order valence-electron chi connectivity index (χ2n) is 5.35. The third-order valence-corrected chi connectivity index (χ3v) is 4.01. The van der Waals surface area contributed by atoms with Crippen LogP contribution in [-0.4, -0.2) is 44.5 Å². The number of nitrogen functional groups attached to an aromatic ring is 1. The third kappa shape index (κ3) is 3.19. The minimum Gasteiger partial charge on any atom is -0.384 e. The Morgan fingerprint density at radius 1 is 1.58 bits per heavy atom. The van der Waals surface area contributed by atoms with Gasteiger partial charge in [-0.2, -0.15) is 0 Å². The van der Waals surface area contributed by atoms with Crippen molar-refractivity contribution in [1.29, 1.82) is 5.41 Å². The number of nitrogens with one attached hydrogen (secondary N) is 1. The van der Waals surface area contributed by atoms with Gasteiger partial charge in [0.05, 0.1) is 10.6 Å². The molecule has 1 aliphatic heterocycles. The van der Waals surface area contributed by atoms with Crippen molar-refractivity contribution in [3.8, 4) is 0 Å². The first kappa shape index (κ1) is 14.2. The van der Waals surface area contributed by atoms with Crippen molar-refractivity contribution < 1.29 is 0 Å². The molecular weight excluding hydrogens is 260 g/mol. The normalized spacial score (nSPS) is 19.6. The largest absolute Gasteiger partial charge is 0.384 e. The molecule has 0 spiro atoms. The molecule has 5 heteroatoms. The second kappa shape index (κ2) is 5.80. The number of nitrogens with two attached hydrogens (primary N) is 1. The van der Waals surface area contributed by atoms with Gasteiger partial charge in [-0.05, 0) is 38.1 Å². The highest BCUT2D eigenvalue weighted by Gasteiger charge is 2.22. The molecule has 104 valence electrons. The van der Waals surface area contributed by atoms with E-state index in [1.165, 1.54) is 6.42 Å². The van der Waals surface area contributed by atoms with E-state index in [1.54, 1.807) is 6.07 Å². The zero-order valence-electron chi connectivity index (χ0n) is 11.5. The number of likely N-dealkylation sites (tertiary alicyclic amines) is 1. The van der Waals surface area contributed by atoms with Crippen LogP contribution in [0.5, 0.6) is 0 Å². The van der Waals surface area contributed by atoms with Gasteiger partial charge in [0.1, 0.15) is 5.84 Å². The van der Waals surface area contributed by atoms with Crippen LogP contribution in [0.2, 0.25) is 5.02 Å². The van der Waals surface area contributed by atoms with E-state index in [2.05, 4.69) is 16.8 Å². The highest BCUT2D eigenvalue weighted by molar-refractivity contribution is 6.34. The quantitative estimate of drug-likeness (QED) is 0.655. The standard InChI is InChI=1S/C14H21ClN4/c1-18-7-6-10(8-18)9-19(2)12-5-3-4-11(15)13(12)14(16)17/h3-5,10H,6-9H2,1-2H3,(H3,16,17). The van der Waals surface area contributed by atoms with Crippen molar-refractivity contribution in [1.82, 2.24) is 4.90 Å². The minimum absolute atomic E-state index is 0.0241. The zero-order chi connectivity index (χ0) is 14.0. The summed E-state index contributed by atoms with van der Waals surface area (Å²) in [5.74, 6) is 0.685. The van der Waals surface area contributed by atoms with E-state index >= 15 is 0 Å². The molecule has 0 radical (unpaired) electrons. The number of anilines is 1. The number of hydrogen-bond acceptors (Lipinski definition) is 3. The van der Waals surface area contributed by atoms with Gasteiger partial charge >= 0.3 is 0 Å². The van der Waals surface area contributed by atoms with Crippen LogP contribution in [0.15, 0.2) is 18.2 Å².